The number of nitrogens with two attached hydrogens (primary N) is 1. The van der Waals surface area contributed by atoms with Crippen LogP contribution in [0.1, 0.15) is 96.8 Å². The molecule has 0 saturated carbocycles. The molecule has 0 amide bonds. The number of fused-ring (bicyclic) bond motifs is 1. The monoisotopic (exact) mass is 571 g/mol. The predicted molar refractivity (Wildman–Crippen MR) is 153 cm³/mol. The maximum absolute atomic E-state index is 12.3. The molecule has 0 saturated heterocycles. The molecule has 0 aliphatic carbocycles. The first-order valence-corrected chi connectivity index (χ1v) is 16.4. The van der Waals surface area contributed by atoms with Crippen molar-refractivity contribution in [1.82, 2.24) is 19.5 Å². The van der Waals surface area contributed by atoms with E-state index in [0.717, 1.165) is 12.8 Å². The first-order valence-electron chi connectivity index (χ1n) is 14.6. The Morgan fingerprint density at radius 3 is 2.13 bits per heavy atom. The van der Waals surface area contributed by atoms with E-state index < -0.39 is 20.0 Å². The highest BCUT2D eigenvalue weighted by Gasteiger charge is 2.23. The van der Waals surface area contributed by atoms with E-state index in [0.29, 0.717) is 17.8 Å². The Morgan fingerprint density at radius 2 is 1.51 bits per heavy atom. The van der Waals surface area contributed by atoms with Gasteiger partial charge < -0.3 is 34.3 Å². The number of ether oxygens (including phenoxy) is 2. The highest BCUT2D eigenvalue weighted by molar-refractivity contribution is 7.52. The summed E-state index contributed by atoms with van der Waals surface area (Å²) in [7, 11) is -3.98. The number of nitrogens with zero attached hydrogens (tertiary/aromatic N) is 4. The van der Waals surface area contributed by atoms with Crippen LogP contribution in [0.15, 0.2) is 12.7 Å². The van der Waals surface area contributed by atoms with Crippen LogP contribution in [0.3, 0.4) is 0 Å². The second kappa shape index (κ2) is 20.3. The van der Waals surface area contributed by atoms with E-state index in [9.17, 15) is 14.6 Å². The fourth-order valence-corrected chi connectivity index (χ4v) is 5.22. The minimum atomic E-state index is -3.98. The van der Waals surface area contributed by atoms with Crippen LogP contribution in [0, 0.1) is 0 Å². The number of aromatic nitrogens is 4. The zero-order valence-electron chi connectivity index (χ0n) is 23.7. The highest BCUT2D eigenvalue weighted by atomic mass is 31.2. The second-order valence-corrected chi connectivity index (χ2v) is 11.9. The molecule has 0 aliphatic heterocycles. The molecular weight excluding hydrogens is 521 g/mol. The Bertz CT molecular complexity index is 947. The lowest BCUT2D eigenvalue weighted by molar-refractivity contribution is 0.0160. The van der Waals surface area contributed by atoms with Gasteiger partial charge in [0.1, 0.15) is 18.2 Å². The Kier molecular flexibility index (Phi) is 17.5. The average molecular weight is 572 g/mol. The maximum Gasteiger partial charge on any atom is 0.353 e. The number of hydrogen-bond acceptors (Lipinski definition) is 9. The fourth-order valence-electron chi connectivity index (χ4n) is 4.39. The molecule has 0 aromatic carbocycles. The summed E-state index contributed by atoms with van der Waals surface area (Å²) in [6.07, 6.45) is 19.9. The Balaban J connectivity index is 1.43. The molecule has 39 heavy (non-hydrogen) atoms. The summed E-state index contributed by atoms with van der Waals surface area (Å²) in [5, 5.41) is 9.64. The Hall–Kier alpha value is -1.62. The van der Waals surface area contributed by atoms with Crippen LogP contribution >= 0.6 is 7.60 Å². The third-order valence-electron chi connectivity index (χ3n) is 6.67. The Morgan fingerprint density at radius 1 is 0.897 bits per heavy atom. The number of anilines is 1. The molecule has 2 heterocycles. The van der Waals surface area contributed by atoms with Gasteiger partial charge in [0.25, 0.3) is 0 Å². The fraction of sp³-hybridized carbons (Fsp3) is 0.815. The van der Waals surface area contributed by atoms with Crippen molar-refractivity contribution >= 4 is 24.6 Å². The molecule has 4 N–H and O–H groups in total. The molecule has 224 valence electrons. The summed E-state index contributed by atoms with van der Waals surface area (Å²) in [6, 6.07) is 0. The predicted octanol–water partition coefficient (Wildman–Crippen LogP) is 5.44. The lowest BCUT2D eigenvalue weighted by Gasteiger charge is -2.19. The number of nitrogen functional groups attached to an aromatic ring is 1. The molecule has 2 aromatic heterocycles. The van der Waals surface area contributed by atoms with E-state index in [2.05, 4.69) is 21.9 Å². The van der Waals surface area contributed by atoms with Crippen molar-refractivity contribution < 1.29 is 28.6 Å². The van der Waals surface area contributed by atoms with Gasteiger partial charge in [-0.1, -0.05) is 90.4 Å². The number of aliphatic hydroxyl groups excluding tert-OH is 1. The second-order valence-electron chi connectivity index (χ2n) is 10.1. The number of hydrogen-bond donors (Lipinski definition) is 3. The maximum atomic E-state index is 12.3. The van der Waals surface area contributed by atoms with Gasteiger partial charge in [-0.25, -0.2) is 15.0 Å². The van der Waals surface area contributed by atoms with Gasteiger partial charge in [0.2, 0.25) is 0 Å². The van der Waals surface area contributed by atoms with Crippen molar-refractivity contribution in [3.8, 4) is 0 Å². The van der Waals surface area contributed by atoms with Crippen LogP contribution in [0.25, 0.3) is 11.2 Å². The zero-order valence-corrected chi connectivity index (χ0v) is 24.6. The van der Waals surface area contributed by atoms with Crippen LogP contribution in [-0.2, 0) is 25.1 Å². The topological polar surface area (TPSA) is 155 Å². The lowest BCUT2D eigenvalue weighted by atomic mass is 10.0. The molecule has 1 unspecified atom stereocenters. The van der Waals surface area contributed by atoms with Crippen LogP contribution in [-0.4, -0.2) is 68.4 Å². The molecule has 0 bridgehead atoms. The third-order valence-corrected chi connectivity index (χ3v) is 7.73. The number of aliphatic hydroxyl groups is 1. The van der Waals surface area contributed by atoms with E-state index in [1.807, 2.05) is 0 Å². The van der Waals surface area contributed by atoms with Crippen LogP contribution in [0.4, 0.5) is 5.82 Å². The van der Waals surface area contributed by atoms with Gasteiger partial charge in [0.05, 0.1) is 38.8 Å². The van der Waals surface area contributed by atoms with Gasteiger partial charge in [0, 0.05) is 6.61 Å². The van der Waals surface area contributed by atoms with E-state index >= 15 is 0 Å². The van der Waals surface area contributed by atoms with Gasteiger partial charge in [-0.2, -0.15) is 0 Å². The Labute approximate surface area is 233 Å². The van der Waals surface area contributed by atoms with Crippen molar-refractivity contribution in [3.05, 3.63) is 12.7 Å². The minimum Gasteiger partial charge on any atom is -0.394 e. The lowest BCUT2D eigenvalue weighted by Crippen LogP contribution is -2.25. The number of rotatable bonds is 25. The third kappa shape index (κ3) is 14.5. The van der Waals surface area contributed by atoms with Crippen LogP contribution < -0.4 is 5.73 Å². The van der Waals surface area contributed by atoms with E-state index in [-0.39, 0.29) is 32.2 Å². The quantitative estimate of drug-likeness (QED) is 0.104. The average Bonchev–Trinajstić information content (AvgIpc) is 3.34. The molecule has 0 aliphatic rings. The molecule has 2 aromatic rings. The first-order chi connectivity index (χ1) is 19.0. The van der Waals surface area contributed by atoms with Gasteiger partial charge in [-0.15, -0.1) is 0 Å². The smallest absolute Gasteiger partial charge is 0.353 e. The summed E-state index contributed by atoms with van der Waals surface area (Å²) >= 11 is 0. The summed E-state index contributed by atoms with van der Waals surface area (Å²) < 4.78 is 30.0. The van der Waals surface area contributed by atoms with Gasteiger partial charge in [-0.3, -0.25) is 4.57 Å². The summed E-state index contributed by atoms with van der Waals surface area (Å²) in [4.78, 5) is 22.2. The van der Waals surface area contributed by atoms with E-state index in [1.54, 1.807) is 4.57 Å². The molecule has 11 nitrogen and oxygen atoms in total. The normalized spacial score (nSPS) is 14.1. The van der Waals surface area contributed by atoms with Crippen molar-refractivity contribution in [2.45, 2.75) is 109 Å². The van der Waals surface area contributed by atoms with E-state index in [4.69, 9.17) is 19.7 Å². The molecular formula is C27H50N5O6P. The SMILES string of the molecule is CCCCCCCCCCCCCCCCOCCOP(=O)(O)CO[C@H](CO)Cn1cnc2c(N)ncnc21. The molecule has 12 heteroatoms. The van der Waals surface area contributed by atoms with Crippen molar-refractivity contribution in [2.24, 2.45) is 0 Å². The molecule has 2 atom stereocenters. The number of imidazole rings is 1. The molecule has 0 spiro atoms. The summed E-state index contributed by atoms with van der Waals surface area (Å²) in [5.74, 6) is 0.250. The molecule has 2 rings (SSSR count). The van der Waals surface area contributed by atoms with Gasteiger partial charge in [-0.05, 0) is 6.42 Å². The van der Waals surface area contributed by atoms with Crippen LogP contribution in [0.5, 0.6) is 0 Å². The largest absolute Gasteiger partial charge is 0.394 e. The van der Waals surface area contributed by atoms with Crippen LogP contribution in [0.2, 0.25) is 0 Å². The first kappa shape index (κ1) is 33.6. The molecule has 0 fully saturated rings. The highest BCUT2D eigenvalue weighted by Crippen LogP contribution is 2.41. The number of unbranched alkanes of at least 4 members (excludes halogenated alkanes) is 13. The van der Waals surface area contributed by atoms with Gasteiger partial charge in [0.15, 0.2) is 11.5 Å². The summed E-state index contributed by atoms with van der Waals surface area (Å²) in [5.41, 5.74) is 6.72. The standard InChI is InChI=1S/C27H50N5O6P/c1-2-3-4-5-6-7-8-9-10-11-12-13-14-15-16-36-17-18-38-39(34,35)23-37-24(20-33)19-32-22-31-25-26(28)29-21-30-27(25)32/h21-22,24,33H,2-20,23H2,1H3,(H,34,35)(H2,28,29,30)/t24-/m0/s1. The minimum absolute atomic E-state index is 0.00187. The van der Waals surface area contributed by atoms with Crippen molar-refractivity contribution in [2.75, 3.05) is 38.5 Å². The van der Waals surface area contributed by atoms with Gasteiger partial charge >= 0.3 is 7.60 Å². The zero-order chi connectivity index (χ0) is 28.2. The van der Waals surface area contributed by atoms with E-state index in [1.165, 1.54) is 89.7 Å². The van der Waals surface area contributed by atoms with Crippen molar-refractivity contribution in [1.29, 1.82) is 0 Å². The summed E-state index contributed by atoms with van der Waals surface area (Å²) in [6.45, 7) is 2.94. The van der Waals surface area contributed by atoms with Crippen molar-refractivity contribution in [3.63, 3.8) is 0 Å². The molecule has 0 radical (unpaired) electrons.